The molecule has 28 heavy (non-hydrogen) atoms. The van der Waals surface area contributed by atoms with Gasteiger partial charge >= 0.3 is 0 Å². The van der Waals surface area contributed by atoms with Gasteiger partial charge in [0.15, 0.2) is 0 Å². The van der Waals surface area contributed by atoms with E-state index in [0.29, 0.717) is 13.1 Å². The van der Waals surface area contributed by atoms with Crippen LogP contribution >= 0.6 is 0 Å². The lowest BCUT2D eigenvalue weighted by atomic mass is 9.99. The summed E-state index contributed by atoms with van der Waals surface area (Å²) in [7, 11) is -4.13. The average Bonchev–Trinajstić information content (AvgIpc) is 2.97. The monoisotopic (exact) mass is 410 g/mol. The molecule has 2 aromatic rings. The zero-order chi connectivity index (χ0) is 19.9. The minimum atomic E-state index is -4.13. The Morgan fingerprint density at radius 2 is 1.71 bits per heavy atom. The van der Waals surface area contributed by atoms with E-state index in [4.69, 9.17) is 0 Å². The highest BCUT2D eigenvalue weighted by atomic mass is 32.2. The van der Waals surface area contributed by atoms with Crippen molar-refractivity contribution in [2.75, 3.05) is 19.6 Å². The lowest BCUT2D eigenvalue weighted by Gasteiger charge is -2.33. The van der Waals surface area contributed by atoms with Crippen molar-refractivity contribution in [2.45, 2.75) is 36.2 Å². The van der Waals surface area contributed by atoms with Gasteiger partial charge in [0.25, 0.3) is 5.92 Å². The van der Waals surface area contributed by atoms with Crippen LogP contribution in [0.3, 0.4) is 0 Å². The van der Waals surface area contributed by atoms with Crippen molar-refractivity contribution in [1.29, 1.82) is 0 Å². The predicted molar refractivity (Wildman–Crippen MR) is 99.1 cm³/mol. The van der Waals surface area contributed by atoms with Gasteiger partial charge in [-0.3, -0.25) is 4.90 Å². The van der Waals surface area contributed by atoms with Crippen LogP contribution in [0.15, 0.2) is 53.4 Å². The lowest BCUT2D eigenvalue weighted by molar-refractivity contribution is 0.0165. The van der Waals surface area contributed by atoms with Crippen molar-refractivity contribution in [1.82, 2.24) is 9.21 Å². The van der Waals surface area contributed by atoms with Gasteiger partial charge in [-0.2, -0.15) is 4.31 Å². The van der Waals surface area contributed by atoms with Crippen LogP contribution in [0.1, 0.15) is 17.5 Å². The molecule has 0 aliphatic carbocycles. The van der Waals surface area contributed by atoms with Gasteiger partial charge in [-0.15, -0.1) is 0 Å². The molecule has 2 heterocycles. The van der Waals surface area contributed by atoms with E-state index in [0.717, 1.165) is 40.6 Å². The SMILES string of the molecule is O=S(=O)(c1ccc(F)cc1)N1CC(F)(F)C[C@H]1CN1CCc2ccccc2C1. The topological polar surface area (TPSA) is 40.6 Å². The summed E-state index contributed by atoms with van der Waals surface area (Å²) in [6.07, 6.45) is 0.301. The Kier molecular flexibility index (Phi) is 4.97. The largest absolute Gasteiger partial charge is 0.297 e. The fourth-order valence-electron chi connectivity index (χ4n) is 4.06. The zero-order valence-corrected chi connectivity index (χ0v) is 16.0. The first kappa shape index (κ1) is 19.4. The quantitative estimate of drug-likeness (QED) is 0.777. The zero-order valence-electron chi connectivity index (χ0n) is 15.2. The van der Waals surface area contributed by atoms with E-state index in [-0.39, 0.29) is 11.4 Å². The van der Waals surface area contributed by atoms with Crippen LogP contribution in [0.25, 0.3) is 0 Å². The van der Waals surface area contributed by atoms with Crippen molar-refractivity contribution in [3.63, 3.8) is 0 Å². The summed E-state index contributed by atoms with van der Waals surface area (Å²) in [5.74, 6) is -3.65. The van der Waals surface area contributed by atoms with Crippen molar-refractivity contribution in [2.24, 2.45) is 0 Å². The molecule has 2 aliphatic heterocycles. The first-order chi connectivity index (χ1) is 13.2. The van der Waals surface area contributed by atoms with Crippen LogP contribution in [0.4, 0.5) is 13.2 Å². The number of hydrogen-bond donors (Lipinski definition) is 0. The fraction of sp³-hybridized carbons (Fsp3) is 0.400. The predicted octanol–water partition coefficient (Wildman–Crippen LogP) is 3.28. The average molecular weight is 410 g/mol. The molecule has 2 aliphatic rings. The first-order valence-electron chi connectivity index (χ1n) is 9.19. The molecule has 8 heteroatoms. The second-order valence-electron chi connectivity index (χ2n) is 7.47. The number of benzene rings is 2. The number of fused-ring (bicyclic) bond motifs is 1. The van der Waals surface area contributed by atoms with E-state index in [9.17, 15) is 21.6 Å². The smallest absolute Gasteiger partial charge is 0.263 e. The molecule has 0 spiro atoms. The summed E-state index contributed by atoms with van der Waals surface area (Å²) in [6, 6.07) is 11.5. The van der Waals surface area contributed by atoms with Crippen LogP contribution in [-0.2, 0) is 23.0 Å². The molecule has 0 aromatic heterocycles. The highest BCUT2D eigenvalue weighted by molar-refractivity contribution is 7.89. The Labute approximate surface area is 162 Å². The van der Waals surface area contributed by atoms with Crippen LogP contribution in [0, 0.1) is 5.82 Å². The van der Waals surface area contributed by atoms with E-state index in [2.05, 4.69) is 6.07 Å². The number of hydrogen-bond acceptors (Lipinski definition) is 3. The molecule has 1 saturated heterocycles. The number of halogens is 3. The summed E-state index contributed by atoms with van der Waals surface area (Å²) in [4.78, 5) is 1.86. The molecule has 0 bridgehead atoms. The third kappa shape index (κ3) is 3.81. The maximum Gasteiger partial charge on any atom is 0.263 e. The summed E-state index contributed by atoms with van der Waals surface area (Å²) < 4.78 is 68.2. The second-order valence-corrected chi connectivity index (χ2v) is 9.36. The maximum atomic E-state index is 14.2. The summed E-state index contributed by atoms with van der Waals surface area (Å²) in [5, 5.41) is 0. The highest BCUT2D eigenvalue weighted by Gasteiger charge is 2.50. The van der Waals surface area contributed by atoms with Crippen LogP contribution in [-0.4, -0.2) is 49.2 Å². The van der Waals surface area contributed by atoms with E-state index in [1.807, 2.05) is 23.1 Å². The van der Waals surface area contributed by atoms with Crippen molar-refractivity contribution in [3.8, 4) is 0 Å². The molecular formula is C20H21F3N2O2S. The van der Waals surface area contributed by atoms with E-state index in [1.54, 1.807) is 0 Å². The molecule has 1 atom stereocenters. The van der Waals surface area contributed by atoms with E-state index >= 15 is 0 Å². The molecule has 4 nitrogen and oxygen atoms in total. The molecule has 0 saturated carbocycles. The van der Waals surface area contributed by atoms with Gasteiger partial charge in [-0.25, -0.2) is 21.6 Å². The van der Waals surface area contributed by atoms with Crippen molar-refractivity contribution >= 4 is 10.0 Å². The van der Waals surface area contributed by atoms with Gasteiger partial charge < -0.3 is 0 Å². The molecule has 1 fully saturated rings. The van der Waals surface area contributed by atoms with Crippen LogP contribution in [0.5, 0.6) is 0 Å². The first-order valence-corrected chi connectivity index (χ1v) is 10.6. The highest BCUT2D eigenvalue weighted by Crippen LogP contribution is 2.36. The molecular weight excluding hydrogens is 389 g/mol. The van der Waals surface area contributed by atoms with E-state index in [1.165, 1.54) is 5.56 Å². The second kappa shape index (κ2) is 7.17. The molecule has 0 unspecified atom stereocenters. The number of nitrogens with zero attached hydrogens (tertiary/aromatic N) is 2. The van der Waals surface area contributed by atoms with Gasteiger partial charge in [0.1, 0.15) is 5.82 Å². The van der Waals surface area contributed by atoms with Gasteiger partial charge in [0.2, 0.25) is 10.0 Å². The Morgan fingerprint density at radius 3 is 2.43 bits per heavy atom. The third-order valence-electron chi connectivity index (χ3n) is 5.43. The number of alkyl halides is 2. The molecule has 150 valence electrons. The van der Waals surface area contributed by atoms with Crippen LogP contribution < -0.4 is 0 Å². The molecule has 0 radical (unpaired) electrons. The molecule has 0 N–H and O–H groups in total. The minimum Gasteiger partial charge on any atom is -0.297 e. The molecule has 0 amide bonds. The maximum absolute atomic E-state index is 14.2. The standard InChI is InChI=1S/C20H21F3N2O2S/c21-17-5-7-19(8-6-17)28(26,27)25-14-20(22,23)11-18(25)13-24-10-9-15-3-1-2-4-16(15)12-24/h1-8,18H,9-14H2/t18-/m0/s1. The van der Waals surface area contributed by atoms with Crippen molar-refractivity contribution < 1.29 is 21.6 Å². The van der Waals surface area contributed by atoms with E-state index < -0.39 is 40.8 Å². The molecule has 4 rings (SSSR count). The number of sulfonamides is 1. The number of rotatable bonds is 4. The Bertz CT molecular complexity index is 964. The Balaban J connectivity index is 1.56. The van der Waals surface area contributed by atoms with Gasteiger partial charge in [0, 0.05) is 32.1 Å². The molecule has 2 aromatic carbocycles. The summed E-state index contributed by atoms with van der Waals surface area (Å²) >= 11 is 0. The Morgan fingerprint density at radius 1 is 1.04 bits per heavy atom. The fourth-order valence-corrected chi connectivity index (χ4v) is 5.70. The normalized spacial score (nSPS) is 22.9. The summed E-state index contributed by atoms with van der Waals surface area (Å²) in [5.41, 5.74) is 2.39. The minimum absolute atomic E-state index is 0.166. The van der Waals surface area contributed by atoms with Gasteiger partial charge in [0.05, 0.1) is 11.4 Å². The van der Waals surface area contributed by atoms with Gasteiger partial charge in [-0.05, 0) is 41.8 Å². The van der Waals surface area contributed by atoms with Crippen molar-refractivity contribution in [3.05, 3.63) is 65.5 Å². The van der Waals surface area contributed by atoms with Gasteiger partial charge in [-0.1, -0.05) is 24.3 Å². The lowest BCUT2D eigenvalue weighted by Crippen LogP contribution is -2.44. The van der Waals surface area contributed by atoms with Crippen LogP contribution in [0.2, 0.25) is 0 Å². The third-order valence-corrected chi connectivity index (χ3v) is 7.34. The Hall–Kier alpha value is -1.90. The summed E-state index contributed by atoms with van der Waals surface area (Å²) in [6.45, 7) is 0.707.